The molecular weight excluding hydrogens is 370 g/mol. The van der Waals surface area contributed by atoms with E-state index in [1.54, 1.807) is 18.2 Å². The lowest BCUT2D eigenvalue weighted by Gasteiger charge is -2.21. The van der Waals surface area contributed by atoms with Crippen molar-refractivity contribution in [1.29, 1.82) is 0 Å². The van der Waals surface area contributed by atoms with Crippen molar-refractivity contribution >= 4 is 63.7 Å². The molecule has 2 N–H and O–H groups in total. The second kappa shape index (κ2) is 9.23. The first kappa shape index (κ1) is 19.1. The van der Waals surface area contributed by atoms with Gasteiger partial charge in [0, 0.05) is 21.5 Å². The predicted octanol–water partition coefficient (Wildman–Crippen LogP) is 5.52. The third-order valence-electron chi connectivity index (χ3n) is 2.12. The molecule has 0 heterocycles. The van der Waals surface area contributed by atoms with Gasteiger partial charge in [-0.1, -0.05) is 41.5 Å². The molecule has 0 saturated heterocycles. The molecule has 0 saturated carbocycles. The minimum absolute atomic E-state index is 0.422. The summed E-state index contributed by atoms with van der Waals surface area (Å²) < 4.78 is 5.55. The molecule has 0 radical (unpaired) electrons. The Labute approximate surface area is 144 Å². The summed E-state index contributed by atoms with van der Waals surface area (Å²) in [4.78, 5) is 12.0. The van der Waals surface area contributed by atoms with Gasteiger partial charge in [0.15, 0.2) is 0 Å². The highest BCUT2D eigenvalue weighted by atomic mass is 35.5. The number of amides is 2. The zero-order valence-corrected chi connectivity index (χ0v) is 15.7. The van der Waals surface area contributed by atoms with Gasteiger partial charge in [-0.25, -0.2) is 4.79 Å². The number of rotatable bonds is 7. The number of halogens is 2. The SMILES string of the molecule is CCCSP(=S)(NC(=O)Nc1cc(Cl)cc(Cl)c1)OCC. The second-order valence-electron chi connectivity index (χ2n) is 3.97. The molecule has 1 rings (SSSR count). The van der Waals surface area contributed by atoms with E-state index in [2.05, 4.69) is 10.4 Å². The quantitative estimate of drug-likeness (QED) is 0.605. The van der Waals surface area contributed by atoms with Crippen LogP contribution in [-0.4, -0.2) is 18.4 Å². The number of benzene rings is 1. The van der Waals surface area contributed by atoms with Gasteiger partial charge >= 0.3 is 6.03 Å². The van der Waals surface area contributed by atoms with E-state index in [0.29, 0.717) is 22.3 Å². The van der Waals surface area contributed by atoms with Crippen LogP contribution in [0.2, 0.25) is 10.0 Å². The molecule has 0 fully saturated rings. The fourth-order valence-electron chi connectivity index (χ4n) is 1.39. The summed E-state index contributed by atoms with van der Waals surface area (Å²) >= 11 is 18.7. The van der Waals surface area contributed by atoms with Crippen LogP contribution in [0.4, 0.5) is 10.5 Å². The highest BCUT2D eigenvalue weighted by Gasteiger charge is 2.21. The largest absolute Gasteiger partial charge is 0.327 e. The fourth-order valence-corrected chi connectivity index (χ4v) is 6.68. The average Bonchev–Trinajstić information content (AvgIpc) is 2.35. The van der Waals surface area contributed by atoms with Crippen LogP contribution in [0.3, 0.4) is 0 Å². The Morgan fingerprint density at radius 3 is 2.48 bits per heavy atom. The zero-order chi connectivity index (χ0) is 15.9. The summed E-state index contributed by atoms with van der Waals surface area (Å²) in [5.74, 6) is 0.834. The summed E-state index contributed by atoms with van der Waals surface area (Å²) in [5.41, 5.74) is -1.93. The summed E-state index contributed by atoms with van der Waals surface area (Å²) in [6, 6.07) is 4.38. The van der Waals surface area contributed by atoms with E-state index in [1.807, 2.05) is 13.8 Å². The van der Waals surface area contributed by atoms with Crippen LogP contribution in [0.1, 0.15) is 20.3 Å². The first-order valence-corrected chi connectivity index (χ1v) is 11.4. The first-order valence-electron chi connectivity index (χ1n) is 6.33. The molecule has 0 aromatic heterocycles. The van der Waals surface area contributed by atoms with E-state index in [0.717, 1.165) is 12.2 Å². The van der Waals surface area contributed by atoms with Crippen molar-refractivity contribution < 1.29 is 9.32 Å². The van der Waals surface area contributed by atoms with Crippen LogP contribution in [0.15, 0.2) is 18.2 Å². The number of hydrogen-bond donors (Lipinski definition) is 2. The van der Waals surface area contributed by atoms with Crippen molar-refractivity contribution in [2.45, 2.75) is 20.3 Å². The van der Waals surface area contributed by atoms with Crippen molar-refractivity contribution in [1.82, 2.24) is 5.09 Å². The maximum Gasteiger partial charge on any atom is 0.325 e. The normalized spacial score (nSPS) is 13.5. The highest BCUT2D eigenvalue weighted by molar-refractivity contribution is 8.68. The molecule has 0 aliphatic rings. The molecular formula is C12H17Cl2N2O2PS2. The number of hydrogen-bond acceptors (Lipinski definition) is 4. The molecule has 118 valence electrons. The van der Waals surface area contributed by atoms with E-state index in [9.17, 15) is 4.79 Å². The van der Waals surface area contributed by atoms with Crippen LogP contribution in [-0.2, 0) is 16.3 Å². The van der Waals surface area contributed by atoms with Crippen molar-refractivity contribution in [3.63, 3.8) is 0 Å². The van der Waals surface area contributed by atoms with E-state index < -0.39 is 11.6 Å². The van der Waals surface area contributed by atoms with Gasteiger partial charge in [-0.05, 0) is 43.4 Å². The van der Waals surface area contributed by atoms with Crippen molar-refractivity contribution in [2.24, 2.45) is 0 Å². The van der Waals surface area contributed by atoms with Gasteiger partial charge in [-0.15, -0.1) is 0 Å². The van der Waals surface area contributed by atoms with Crippen LogP contribution < -0.4 is 10.4 Å². The molecule has 4 nitrogen and oxygen atoms in total. The third kappa shape index (κ3) is 7.22. The van der Waals surface area contributed by atoms with Crippen molar-refractivity contribution in [2.75, 3.05) is 17.7 Å². The van der Waals surface area contributed by atoms with Crippen LogP contribution in [0.5, 0.6) is 0 Å². The molecule has 0 aliphatic heterocycles. The summed E-state index contributed by atoms with van der Waals surface area (Å²) in [6.07, 6.45) is 0.962. The monoisotopic (exact) mass is 386 g/mol. The fraction of sp³-hybridized carbons (Fsp3) is 0.417. The Morgan fingerprint density at radius 2 is 1.95 bits per heavy atom. The molecule has 1 aromatic rings. The molecule has 1 unspecified atom stereocenters. The van der Waals surface area contributed by atoms with E-state index in [-0.39, 0.29) is 0 Å². The molecule has 0 aliphatic carbocycles. The lowest BCUT2D eigenvalue weighted by Crippen LogP contribution is -2.26. The minimum atomic E-state index is -2.43. The Hall–Kier alpha value is 0.0300. The summed E-state index contributed by atoms with van der Waals surface area (Å²) in [7, 11) is 0. The van der Waals surface area contributed by atoms with Gasteiger partial charge in [0.05, 0.1) is 6.61 Å². The smallest absolute Gasteiger partial charge is 0.325 e. The van der Waals surface area contributed by atoms with Gasteiger partial charge < -0.3 is 9.84 Å². The second-order valence-corrected chi connectivity index (χ2v) is 11.5. The van der Waals surface area contributed by atoms with E-state index >= 15 is 0 Å². The van der Waals surface area contributed by atoms with Crippen molar-refractivity contribution in [3.8, 4) is 0 Å². The van der Waals surface area contributed by atoms with Gasteiger partial charge in [0.1, 0.15) is 0 Å². The molecule has 2 amide bonds. The number of carbonyl (C=O) groups excluding carboxylic acids is 1. The Bertz CT molecular complexity index is 526. The minimum Gasteiger partial charge on any atom is -0.327 e. The predicted molar refractivity (Wildman–Crippen MR) is 97.3 cm³/mol. The number of carbonyl (C=O) groups is 1. The van der Waals surface area contributed by atoms with Crippen LogP contribution >= 0.6 is 40.2 Å². The van der Waals surface area contributed by atoms with Gasteiger partial charge in [-0.3, -0.25) is 5.09 Å². The maximum absolute atomic E-state index is 12.0. The molecule has 0 spiro atoms. The Kier molecular flexibility index (Phi) is 8.39. The number of anilines is 1. The number of nitrogens with one attached hydrogen (secondary N) is 2. The number of urea groups is 1. The molecule has 9 heteroatoms. The Morgan fingerprint density at radius 1 is 1.33 bits per heavy atom. The molecule has 0 bridgehead atoms. The first-order chi connectivity index (χ1) is 9.88. The summed E-state index contributed by atoms with van der Waals surface area (Å²) in [5, 5.41) is 6.30. The zero-order valence-electron chi connectivity index (χ0n) is 11.7. The highest BCUT2D eigenvalue weighted by Crippen LogP contribution is 2.56. The van der Waals surface area contributed by atoms with Crippen LogP contribution in [0, 0.1) is 0 Å². The maximum atomic E-state index is 12.0. The van der Waals surface area contributed by atoms with Gasteiger partial charge in [-0.2, -0.15) is 0 Å². The van der Waals surface area contributed by atoms with Gasteiger partial charge in [0.2, 0.25) is 5.62 Å². The third-order valence-corrected chi connectivity index (χ3v) is 8.26. The molecule has 1 atom stereocenters. The molecule has 1 aromatic carbocycles. The van der Waals surface area contributed by atoms with Crippen LogP contribution in [0.25, 0.3) is 0 Å². The lowest BCUT2D eigenvalue weighted by atomic mass is 10.3. The van der Waals surface area contributed by atoms with E-state index in [4.69, 9.17) is 39.5 Å². The lowest BCUT2D eigenvalue weighted by molar-refractivity contribution is 0.255. The van der Waals surface area contributed by atoms with Gasteiger partial charge in [0.25, 0.3) is 0 Å². The van der Waals surface area contributed by atoms with E-state index in [1.165, 1.54) is 11.4 Å². The standard InChI is InChI=1S/C12H17Cl2N2O2PS2/c1-3-5-21-19(20,18-4-2)16-12(17)15-11-7-9(13)6-10(14)8-11/h6-8H,3-5H2,1-2H3,(H2,15,16,17,20). The Balaban J connectivity index is 2.71. The summed E-state index contributed by atoms with van der Waals surface area (Å²) in [6.45, 7) is 4.35. The molecule has 21 heavy (non-hydrogen) atoms. The van der Waals surface area contributed by atoms with Crippen molar-refractivity contribution in [3.05, 3.63) is 28.2 Å². The average molecular weight is 387 g/mol. The topological polar surface area (TPSA) is 50.4 Å².